The Morgan fingerprint density at radius 1 is 1.35 bits per heavy atom. The molecule has 0 radical (unpaired) electrons. The van der Waals surface area contributed by atoms with E-state index >= 15 is 0 Å². The smallest absolute Gasteiger partial charge is 0.165 e. The third-order valence-electron chi connectivity index (χ3n) is 2.81. The second kappa shape index (κ2) is 6.21. The van der Waals surface area contributed by atoms with Gasteiger partial charge in [0.1, 0.15) is 6.61 Å². The number of hydrogen-bond donors (Lipinski definition) is 2. The van der Waals surface area contributed by atoms with Crippen molar-refractivity contribution in [2.24, 2.45) is 5.73 Å². The maximum absolute atomic E-state index is 13.9. The van der Waals surface area contributed by atoms with Crippen LogP contribution in [-0.4, -0.2) is 9.97 Å². The molecule has 3 N–H and O–H groups in total. The molecule has 4 nitrogen and oxygen atoms in total. The van der Waals surface area contributed by atoms with Crippen LogP contribution in [0, 0.1) is 5.82 Å². The first-order valence-electron chi connectivity index (χ1n) is 5.77. The van der Waals surface area contributed by atoms with Crippen molar-refractivity contribution in [3.05, 3.63) is 46.3 Å². The minimum absolute atomic E-state index is 0. The lowest BCUT2D eigenvalue weighted by Crippen LogP contribution is -1.97. The summed E-state index contributed by atoms with van der Waals surface area (Å²) >= 11 is 1.48. The zero-order valence-electron chi connectivity index (χ0n) is 10.4. The number of ether oxygens (including phenoxy) is 1. The van der Waals surface area contributed by atoms with E-state index in [0.29, 0.717) is 6.54 Å². The molecule has 7 heteroatoms. The van der Waals surface area contributed by atoms with Crippen LogP contribution in [0.1, 0.15) is 11.4 Å². The molecule has 1 aromatic carbocycles. The van der Waals surface area contributed by atoms with Crippen molar-refractivity contribution >= 4 is 34.6 Å². The summed E-state index contributed by atoms with van der Waals surface area (Å²) < 4.78 is 19.3. The van der Waals surface area contributed by atoms with Crippen molar-refractivity contribution < 1.29 is 9.13 Å². The second-order valence-electron chi connectivity index (χ2n) is 4.14. The van der Waals surface area contributed by atoms with Crippen LogP contribution < -0.4 is 10.5 Å². The van der Waals surface area contributed by atoms with E-state index in [2.05, 4.69) is 9.97 Å². The fourth-order valence-electron chi connectivity index (χ4n) is 1.87. The number of halogens is 2. The Hall–Kier alpha value is -1.63. The van der Waals surface area contributed by atoms with Crippen LogP contribution in [-0.2, 0) is 13.2 Å². The van der Waals surface area contributed by atoms with Crippen LogP contribution in [0.3, 0.4) is 0 Å². The Morgan fingerprint density at radius 2 is 2.20 bits per heavy atom. The van der Waals surface area contributed by atoms with Gasteiger partial charge in [0.25, 0.3) is 0 Å². The average molecular weight is 314 g/mol. The molecule has 0 bridgehead atoms. The van der Waals surface area contributed by atoms with Gasteiger partial charge < -0.3 is 15.5 Å². The number of hydrogen-bond acceptors (Lipinski definition) is 4. The average Bonchev–Trinajstić information content (AvgIpc) is 3.04. The fraction of sp³-hybridized carbons (Fsp3) is 0.154. The van der Waals surface area contributed by atoms with Crippen LogP contribution in [0.25, 0.3) is 10.9 Å². The number of aromatic nitrogens is 2. The maximum Gasteiger partial charge on any atom is 0.165 e. The highest BCUT2D eigenvalue weighted by atomic mass is 35.5. The summed E-state index contributed by atoms with van der Waals surface area (Å²) in [4.78, 5) is 7.21. The molecule has 0 aliphatic heterocycles. The van der Waals surface area contributed by atoms with Crippen molar-refractivity contribution in [2.75, 3.05) is 0 Å². The van der Waals surface area contributed by atoms with E-state index in [1.165, 1.54) is 17.4 Å². The zero-order valence-corrected chi connectivity index (χ0v) is 12.1. The summed E-state index contributed by atoms with van der Waals surface area (Å²) in [5, 5.41) is 2.66. The minimum Gasteiger partial charge on any atom is -0.484 e. The van der Waals surface area contributed by atoms with Crippen LogP contribution in [0.15, 0.2) is 29.1 Å². The van der Waals surface area contributed by atoms with Gasteiger partial charge >= 0.3 is 0 Å². The zero-order chi connectivity index (χ0) is 13.2. The highest BCUT2D eigenvalue weighted by Gasteiger charge is 2.09. The normalized spacial score (nSPS) is 10.5. The van der Waals surface area contributed by atoms with E-state index < -0.39 is 0 Å². The van der Waals surface area contributed by atoms with E-state index in [1.54, 1.807) is 11.6 Å². The largest absolute Gasteiger partial charge is 0.484 e. The molecule has 0 saturated carbocycles. The van der Waals surface area contributed by atoms with Gasteiger partial charge in [0.05, 0.1) is 11.2 Å². The number of rotatable bonds is 4. The highest BCUT2D eigenvalue weighted by molar-refractivity contribution is 7.07. The van der Waals surface area contributed by atoms with Gasteiger partial charge in [-0.05, 0) is 12.1 Å². The molecule has 0 spiro atoms. The van der Waals surface area contributed by atoms with E-state index in [4.69, 9.17) is 10.5 Å². The predicted molar refractivity (Wildman–Crippen MR) is 79.8 cm³/mol. The van der Waals surface area contributed by atoms with Gasteiger partial charge in [-0.3, -0.25) is 0 Å². The molecule has 3 aromatic rings. The number of fused-ring (bicyclic) bond motifs is 1. The standard InChI is InChI=1S/C13H12FN3OS.ClH/c14-11-2-8-1-9(4-15)17-12(8)3-13(11)18-5-10-6-19-7-16-10;/h1-3,6-7,17H,4-5,15H2;1H. The fourth-order valence-corrected chi connectivity index (χ4v) is 2.42. The molecule has 3 rings (SSSR count). The summed E-state index contributed by atoms with van der Waals surface area (Å²) in [6.45, 7) is 0.654. The predicted octanol–water partition coefficient (Wildman–Crippen LogP) is 3.22. The molecular weight excluding hydrogens is 301 g/mol. The van der Waals surface area contributed by atoms with Gasteiger partial charge in [-0.15, -0.1) is 23.7 Å². The highest BCUT2D eigenvalue weighted by Crippen LogP contribution is 2.26. The molecular formula is C13H13ClFN3OS. The molecule has 0 fully saturated rings. The number of benzene rings is 1. The summed E-state index contributed by atoms with van der Waals surface area (Å²) in [6, 6.07) is 4.93. The lowest BCUT2D eigenvalue weighted by atomic mass is 10.2. The third-order valence-corrected chi connectivity index (χ3v) is 3.44. The maximum atomic E-state index is 13.9. The SMILES string of the molecule is Cl.NCc1cc2cc(F)c(OCc3cscn3)cc2[nH]1. The molecule has 0 saturated heterocycles. The lowest BCUT2D eigenvalue weighted by molar-refractivity contribution is 0.287. The van der Waals surface area contributed by atoms with E-state index in [0.717, 1.165) is 22.3 Å². The molecule has 0 atom stereocenters. The first kappa shape index (κ1) is 14.8. The molecule has 0 aliphatic carbocycles. The second-order valence-corrected chi connectivity index (χ2v) is 4.86. The van der Waals surface area contributed by atoms with E-state index in [9.17, 15) is 4.39 Å². The minimum atomic E-state index is -0.384. The van der Waals surface area contributed by atoms with Crippen LogP contribution >= 0.6 is 23.7 Å². The molecule has 106 valence electrons. The Morgan fingerprint density at radius 3 is 2.90 bits per heavy atom. The molecule has 0 unspecified atom stereocenters. The van der Waals surface area contributed by atoms with Gasteiger partial charge in [-0.1, -0.05) is 0 Å². The van der Waals surface area contributed by atoms with Crippen LogP contribution in [0.4, 0.5) is 4.39 Å². The first-order chi connectivity index (χ1) is 9.26. The number of nitrogens with zero attached hydrogens (tertiary/aromatic N) is 1. The quantitative estimate of drug-likeness (QED) is 0.777. The van der Waals surface area contributed by atoms with Crippen LogP contribution in [0.2, 0.25) is 0 Å². The number of H-pyrrole nitrogens is 1. The first-order valence-corrected chi connectivity index (χ1v) is 6.71. The summed E-state index contributed by atoms with van der Waals surface area (Å²) in [5.74, 6) is -0.170. The lowest BCUT2D eigenvalue weighted by Gasteiger charge is -2.05. The monoisotopic (exact) mass is 313 g/mol. The van der Waals surface area contributed by atoms with E-state index in [-0.39, 0.29) is 30.6 Å². The van der Waals surface area contributed by atoms with Gasteiger partial charge in [-0.25, -0.2) is 9.37 Å². The Bertz CT molecular complexity index is 699. The number of aromatic amines is 1. The van der Waals surface area contributed by atoms with Crippen molar-refractivity contribution in [3.8, 4) is 5.75 Å². The number of nitrogens with one attached hydrogen (secondary N) is 1. The van der Waals surface area contributed by atoms with Crippen molar-refractivity contribution in [1.29, 1.82) is 0 Å². The van der Waals surface area contributed by atoms with Gasteiger partial charge in [0.15, 0.2) is 11.6 Å². The van der Waals surface area contributed by atoms with Gasteiger partial charge in [0.2, 0.25) is 0 Å². The van der Waals surface area contributed by atoms with Gasteiger partial charge in [0, 0.05) is 34.6 Å². The number of nitrogens with two attached hydrogens (primary N) is 1. The van der Waals surface area contributed by atoms with Gasteiger partial charge in [-0.2, -0.15) is 0 Å². The molecule has 2 aromatic heterocycles. The third kappa shape index (κ3) is 2.92. The molecule has 20 heavy (non-hydrogen) atoms. The summed E-state index contributed by atoms with van der Waals surface area (Å²) in [7, 11) is 0. The van der Waals surface area contributed by atoms with Crippen LogP contribution in [0.5, 0.6) is 5.75 Å². The Kier molecular flexibility index (Phi) is 4.59. The molecule has 2 heterocycles. The molecule has 0 amide bonds. The topological polar surface area (TPSA) is 63.9 Å². The van der Waals surface area contributed by atoms with Crippen molar-refractivity contribution in [2.45, 2.75) is 13.2 Å². The van der Waals surface area contributed by atoms with Crippen molar-refractivity contribution in [1.82, 2.24) is 9.97 Å². The summed E-state index contributed by atoms with van der Waals surface area (Å²) in [5.41, 5.74) is 9.74. The Labute approximate surface area is 125 Å². The summed E-state index contributed by atoms with van der Waals surface area (Å²) in [6.07, 6.45) is 0. The van der Waals surface area contributed by atoms with Crippen molar-refractivity contribution in [3.63, 3.8) is 0 Å². The number of thiazole rings is 1. The van der Waals surface area contributed by atoms with E-state index in [1.807, 2.05) is 11.4 Å². The Balaban J connectivity index is 0.00000147. The molecule has 0 aliphatic rings.